The molecule has 116 valence electrons. The number of H-pyrrole nitrogens is 1. The fourth-order valence-corrected chi connectivity index (χ4v) is 2.54. The lowest BCUT2D eigenvalue weighted by Crippen LogP contribution is -2.22. The molecule has 22 heavy (non-hydrogen) atoms. The van der Waals surface area contributed by atoms with E-state index in [2.05, 4.69) is 25.3 Å². The number of hydrogen-bond acceptors (Lipinski definition) is 6. The molecule has 0 atom stereocenters. The van der Waals surface area contributed by atoms with Crippen molar-refractivity contribution in [3.63, 3.8) is 0 Å². The number of aryl methyl sites for hydroxylation is 1. The van der Waals surface area contributed by atoms with Crippen molar-refractivity contribution in [3.05, 3.63) is 39.6 Å². The summed E-state index contributed by atoms with van der Waals surface area (Å²) in [7, 11) is 3.80. The van der Waals surface area contributed by atoms with Gasteiger partial charge in [0.25, 0.3) is 5.56 Å². The molecule has 0 spiro atoms. The molecule has 7 nitrogen and oxygen atoms in total. The Morgan fingerprint density at radius 3 is 2.68 bits per heavy atom. The summed E-state index contributed by atoms with van der Waals surface area (Å²) in [6.45, 7) is 0.523. The van der Waals surface area contributed by atoms with Crippen molar-refractivity contribution < 1.29 is 0 Å². The van der Waals surface area contributed by atoms with Crippen LogP contribution in [0.4, 0.5) is 11.9 Å². The van der Waals surface area contributed by atoms with Gasteiger partial charge >= 0.3 is 0 Å². The van der Waals surface area contributed by atoms with Crippen LogP contribution in [0.5, 0.6) is 0 Å². The normalized spacial score (nSPS) is 13.5. The van der Waals surface area contributed by atoms with Gasteiger partial charge in [-0.2, -0.15) is 0 Å². The molecule has 0 fully saturated rings. The summed E-state index contributed by atoms with van der Waals surface area (Å²) >= 11 is 0. The molecule has 0 saturated carbocycles. The molecule has 2 N–H and O–H groups in total. The molecule has 0 unspecified atom stereocenters. The third-order valence-corrected chi connectivity index (χ3v) is 3.74. The molecule has 2 aromatic rings. The molecule has 0 amide bonds. The first-order chi connectivity index (χ1) is 10.6. The molecule has 0 radical (unpaired) electrons. The van der Waals surface area contributed by atoms with Crippen LogP contribution in [-0.4, -0.2) is 34.0 Å². The first-order valence-electron chi connectivity index (χ1n) is 7.47. The topological polar surface area (TPSA) is 86.8 Å². The minimum Gasteiger partial charge on any atom is -0.352 e. The van der Waals surface area contributed by atoms with Gasteiger partial charge in [0.05, 0.1) is 5.69 Å². The van der Waals surface area contributed by atoms with Crippen molar-refractivity contribution in [1.82, 2.24) is 19.9 Å². The van der Waals surface area contributed by atoms with E-state index < -0.39 is 0 Å². The summed E-state index contributed by atoms with van der Waals surface area (Å²) in [5.74, 6) is 1.19. The lowest BCUT2D eigenvalue weighted by atomic mass is 9.97. The van der Waals surface area contributed by atoms with Crippen LogP contribution in [0.1, 0.15) is 29.7 Å². The standard InChI is InChI=1S/C15H20N6O/c1-21(2)15-17-8-10(9-18-15)7-16-14-19-12-6-4-3-5-11(12)13(22)20-14/h8-9H,3-7H2,1-2H3,(H2,16,19,20,22). The number of hydrogen-bond donors (Lipinski definition) is 2. The summed E-state index contributed by atoms with van der Waals surface area (Å²) in [4.78, 5) is 29.7. The van der Waals surface area contributed by atoms with Crippen LogP contribution in [0.15, 0.2) is 17.2 Å². The molecular formula is C15H20N6O. The molecule has 3 rings (SSSR count). The zero-order chi connectivity index (χ0) is 15.5. The summed E-state index contributed by atoms with van der Waals surface area (Å²) in [5, 5.41) is 3.14. The van der Waals surface area contributed by atoms with Crippen molar-refractivity contribution in [2.45, 2.75) is 32.2 Å². The van der Waals surface area contributed by atoms with Crippen LogP contribution in [0.25, 0.3) is 0 Å². The maximum Gasteiger partial charge on any atom is 0.255 e. The van der Waals surface area contributed by atoms with E-state index in [-0.39, 0.29) is 5.56 Å². The number of nitrogens with one attached hydrogen (secondary N) is 2. The largest absolute Gasteiger partial charge is 0.352 e. The Bertz CT molecular complexity index is 707. The Kier molecular flexibility index (Phi) is 4.04. The fraction of sp³-hybridized carbons (Fsp3) is 0.467. The molecule has 0 aliphatic heterocycles. The molecule has 2 aromatic heterocycles. The third kappa shape index (κ3) is 3.08. The van der Waals surface area contributed by atoms with E-state index >= 15 is 0 Å². The van der Waals surface area contributed by atoms with Gasteiger partial charge in [-0.1, -0.05) is 0 Å². The van der Waals surface area contributed by atoms with Crippen molar-refractivity contribution in [3.8, 4) is 0 Å². The molecule has 0 bridgehead atoms. The molecule has 1 aliphatic carbocycles. The summed E-state index contributed by atoms with van der Waals surface area (Å²) < 4.78 is 0. The average Bonchev–Trinajstić information content (AvgIpc) is 2.53. The number of fused-ring (bicyclic) bond motifs is 1. The zero-order valence-electron chi connectivity index (χ0n) is 12.9. The van der Waals surface area contributed by atoms with Gasteiger partial charge in [0.15, 0.2) is 0 Å². The Labute approximate surface area is 128 Å². The number of nitrogens with zero attached hydrogens (tertiary/aromatic N) is 4. The molecular weight excluding hydrogens is 280 g/mol. The smallest absolute Gasteiger partial charge is 0.255 e. The van der Waals surface area contributed by atoms with Gasteiger partial charge < -0.3 is 10.2 Å². The van der Waals surface area contributed by atoms with Gasteiger partial charge in [-0.05, 0) is 25.7 Å². The number of aromatic amines is 1. The highest BCUT2D eigenvalue weighted by Crippen LogP contribution is 2.16. The predicted molar refractivity (Wildman–Crippen MR) is 85.2 cm³/mol. The second-order valence-electron chi connectivity index (χ2n) is 5.69. The highest BCUT2D eigenvalue weighted by Gasteiger charge is 2.15. The maximum atomic E-state index is 12.0. The van der Waals surface area contributed by atoms with E-state index in [1.807, 2.05) is 19.0 Å². The van der Waals surface area contributed by atoms with E-state index in [0.717, 1.165) is 42.5 Å². The van der Waals surface area contributed by atoms with Gasteiger partial charge in [0.1, 0.15) is 0 Å². The summed E-state index contributed by atoms with van der Waals surface area (Å²) in [5.41, 5.74) is 2.68. The summed E-state index contributed by atoms with van der Waals surface area (Å²) in [6.07, 6.45) is 7.42. The fourth-order valence-electron chi connectivity index (χ4n) is 2.54. The van der Waals surface area contributed by atoms with Crippen molar-refractivity contribution in [1.29, 1.82) is 0 Å². The number of aromatic nitrogens is 4. The van der Waals surface area contributed by atoms with Gasteiger partial charge in [-0.15, -0.1) is 0 Å². The van der Waals surface area contributed by atoms with Crippen LogP contribution < -0.4 is 15.8 Å². The Hall–Kier alpha value is -2.44. The minimum absolute atomic E-state index is 0.0218. The SMILES string of the molecule is CN(C)c1ncc(CNc2nc3c(c(=O)[nH]2)CCCC3)cn1. The van der Waals surface area contributed by atoms with E-state index in [4.69, 9.17) is 0 Å². The third-order valence-electron chi connectivity index (χ3n) is 3.74. The van der Waals surface area contributed by atoms with Crippen LogP contribution in [-0.2, 0) is 19.4 Å². The molecule has 2 heterocycles. The quantitative estimate of drug-likeness (QED) is 0.880. The van der Waals surface area contributed by atoms with Gasteiger partial charge in [-0.25, -0.2) is 15.0 Å². The van der Waals surface area contributed by atoms with Crippen molar-refractivity contribution >= 4 is 11.9 Å². The molecule has 7 heteroatoms. The van der Waals surface area contributed by atoms with E-state index in [0.29, 0.717) is 18.4 Å². The van der Waals surface area contributed by atoms with Gasteiger partial charge in [-0.3, -0.25) is 9.78 Å². The van der Waals surface area contributed by atoms with Gasteiger partial charge in [0.2, 0.25) is 11.9 Å². The van der Waals surface area contributed by atoms with E-state index in [1.54, 1.807) is 12.4 Å². The average molecular weight is 300 g/mol. The van der Waals surface area contributed by atoms with E-state index in [1.165, 1.54) is 0 Å². The molecule has 0 saturated heterocycles. The number of rotatable bonds is 4. The Balaban J connectivity index is 1.71. The van der Waals surface area contributed by atoms with Gasteiger partial charge in [0, 0.05) is 44.2 Å². The van der Waals surface area contributed by atoms with E-state index in [9.17, 15) is 4.79 Å². The lowest BCUT2D eigenvalue weighted by molar-refractivity contribution is 0.657. The first-order valence-corrected chi connectivity index (χ1v) is 7.47. The van der Waals surface area contributed by atoms with Crippen molar-refractivity contribution in [2.75, 3.05) is 24.3 Å². The highest BCUT2D eigenvalue weighted by atomic mass is 16.1. The highest BCUT2D eigenvalue weighted by molar-refractivity contribution is 5.33. The lowest BCUT2D eigenvalue weighted by Gasteiger charge is -2.15. The monoisotopic (exact) mass is 300 g/mol. The second kappa shape index (κ2) is 6.13. The summed E-state index contributed by atoms with van der Waals surface area (Å²) in [6, 6.07) is 0. The minimum atomic E-state index is -0.0218. The maximum absolute atomic E-state index is 12.0. The Morgan fingerprint density at radius 1 is 1.23 bits per heavy atom. The Morgan fingerprint density at radius 2 is 1.95 bits per heavy atom. The molecule has 1 aliphatic rings. The molecule has 0 aromatic carbocycles. The van der Waals surface area contributed by atoms with Crippen LogP contribution >= 0.6 is 0 Å². The number of anilines is 2. The van der Waals surface area contributed by atoms with Crippen LogP contribution in [0.3, 0.4) is 0 Å². The van der Waals surface area contributed by atoms with Crippen LogP contribution in [0.2, 0.25) is 0 Å². The predicted octanol–water partition coefficient (Wildman–Crippen LogP) is 1.12. The first kappa shape index (κ1) is 14.5. The van der Waals surface area contributed by atoms with Crippen LogP contribution in [0, 0.1) is 0 Å². The second-order valence-corrected chi connectivity index (χ2v) is 5.69. The zero-order valence-corrected chi connectivity index (χ0v) is 12.9. The van der Waals surface area contributed by atoms with Crippen molar-refractivity contribution in [2.24, 2.45) is 0 Å².